The van der Waals surface area contributed by atoms with Crippen LogP contribution in [0, 0.1) is 0 Å². The van der Waals surface area contributed by atoms with Crippen molar-refractivity contribution >= 4 is 11.6 Å². The molecule has 1 aliphatic heterocycles. The zero-order chi connectivity index (χ0) is 16.4. The molecule has 2 aliphatic rings. The second-order valence-electron chi connectivity index (χ2n) is 6.68. The van der Waals surface area contributed by atoms with Crippen LogP contribution < -0.4 is 4.90 Å². The van der Waals surface area contributed by atoms with Gasteiger partial charge in [-0.25, -0.2) is 0 Å². The number of fused-ring (bicyclic) bond motifs is 1. The Labute approximate surface area is 143 Å². The number of rotatable bonds is 2. The second-order valence-corrected chi connectivity index (χ2v) is 6.68. The summed E-state index contributed by atoms with van der Waals surface area (Å²) in [6.45, 7) is 3.30. The summed E-state index contributed by atoms with van der Waals surface area (Å²) in [6, 6.07) is 10.4. The standard InChI is InChI=1S/C20H23N3O/c24-20(18-6-5-16-3-1-2-4-17(16)15-18)23-13-11-22(12-14-23)19-7-9-21-10-8-19/h5-10,15H,1-4,11-14H2. The molecule has 1 aromatic carbocycles. The Bertz CT molecular complexity index is 721. The van der Waals surface area contributed by atoms with Gasteiger partial charge in [-0.2, -0.15) is 0 Å². The van der Waals surface area contributed by atoms with Gasteiger partial charge in [0.2, 0.25) is 0 Å². The van der Waals surface area contributed by atoms with Crippen LogP contribution in [0.25, 0.3) is 0 Å². The number of anilines is 1. The van der Waals surface area contributed by atoms with E-state index in [9.17, 15) is 4.79 Å². The number of aryl methyl sites for hydroxylation is 2. The normalized spacial score (nSPS) is 17.5. The second kappa shape index (κ2) is 6.63. The minimum Gasteiger partial charge on any atom is -0.368 e. The number of hydrogen-bond donors (Lipinski definition) is 0. The highest BCUT2D eigenvalue weighted by molar-refractivity contribution is 5.94. The van der Waals surface area contributed by atoms with E-state index in [1.165, 1.54) is 29.7 Å². The van der Waals surface area contributed by atoms with Crippen molar-refractivity contribution in [2.75, 3.05) is 31.1 Å². The van der Waals surface area contributed by atoms with Crippen molar-refractivity contribution in [3.05, 3.63) is 59.4 Å². The predicted octanol–water partition coefficient (Wildman–Crippen LogP) is 2.92. The fourth-order valence-electron chi connectivity index (χ4n) is 3.77. The van der Waals surface area contributed by atoms with Crippen LogP contribution in [0.2, 0.25) is 0 Å². The fraction of sp³-hybridized carbons (Fsp3) is 0.400. The van der Waals surface area contributed by atoms with Crippen molar-refractivity contribution in [2.45, 2.75) is 25.7 Å². The summed E-state index contributed by atoms with van der Waals surface area (Å²) in [6.07, 6.45) is 8.44. The average molecular weight is 321 g/mol. The van der Waals surface area contributed by atoms with Crippen LogP contribution in [0.3, 0.4) is 0 Å². The van der Waals surface area contributed by atoms with Crippen LogP contribution >= 0.6 is 0 Å². The monoisotopic (exact) mass is 321 g/mol. The Balaban J connectivity index is 1.43. The quantitative estimate of drug-likeness (QED) is 0.853. The van der Waals surface area contributed by atoms with Crippen LogP contribution in [0.4, 0.5) is 5.69 Å². The summed E-state index contributed by atoms with van der Waals surface area (Å²) in [5.41, 5.74) is 4.85. The van der Waals surface area contributed by atoms with E-state index < -0.39 is 0 Å². The lowest BCUT2D eigenvalue weighted by Crippen LogP contribution is -2.48. The van der Waals surface area contributed by atoms with Crippen LogP contribution in [-0.4, -0.2) is 42.0 Å². The van der Waals surface area contributed by atoms with E-state index in [-0.39, 0.29) is 5.91 Å². The number of hydrogen-bond acceptors (Lipinski definition) is 3. The summed E-state index contributed by atoms with van der Waals surface area (Å²) >= 11 is 0. The lowest BCUT2D eigenvalue weighted by Gasteiger charge is -2.36. The molecule has 24 heavy (non-hydrogen) atoms. The molecular formula is C20H23N3O. The van der Waals surface area contributed by atoms with E-state index in [4.69, 9.17) is 0 Å². The summed E-state index contributed by atoms with van der Waals surface area (Å²) in [4.78, 5) is 21.2. The minimum absolute atomic E-state index is 0.178. The first kappa shape index (κ1) is 15.2. The molecule has 1 fully saturated rings. The van der Waals surface area contributed by atoms with Gasteiger partial charge >= 0.3 is 0 Å². The van der Waals surface area contributed by atoms with Crippen LogP contribution in [0.5, 0.6) is 0 Å². The molecule has 4 rings (SSSR count). The fourth-order valence-corrected chi connectivity index (χ4v) is 3.77. The maximum absolute atomic E-state index is 12.8. The van der Waals surface area contributed by atoms with Crippen molar-refractivity contribution in [3.63, 3.8) is 0 Å². The smallest absolute Gasteiger partial charge is 0.253 e. The average Bonchev–Trinajstić information content (AvgIpc) is 2.68. The topological polar surface area (TPSA) is 36.4 Å². The van der Waals surface area contributed by atoms with Gasteiger partial charge in [0.15, 0.2) is 0 Å². The van der Waals surface area contributed by atoms with E-state index in [0.717, 1.165) is 44.6 Å². The lowest BCUT2D eigenvalue weighted by atomic mass is 9.90. The third-order valence-electron chi connectivity index (χ3n) is 5.19. The highest BCUT2D eigenvalue weighted by atomic mass is 16.2. The Kier molecular flexibility index (Phi) is 4.20. The van der Waals surface area contributed by atoms with Gasteiger partial charge < -0.3 is 9.80 Å². The zero-order valence-electron chi connectivity index (χ0n) is 13.9. The molecular weight excluding hydrogens is 298 g/mol. The number of pyridine rings is 1. The van der Waals surface area contributed by atoms with Gasteiger partial charge in [0.1, 0.15) is 0 Å². The van der Waals surface area contributed by atoms with E-state index in [0.29, 0.717) is 0 Å². The van der Waals surface area contributed by atoms with Crippen molar-refractivity contribution in [3.8, 4) is 0 Å². The Morgan fingerprint density at radius 1 is 0.875 bits per heavy atom. The molecule has 1 saturated heterocycles. The van der Waals surface area contributed by atoms with E-state index in [1.807, 2.05) is 35.5 Å². The minimum atomic E-state index is 0.178. The first-order chi connectivity index (χ1) is 11.8. The Hall–Kier alpha value is -2.36. The number of carbonyl (C=O) groups excluding carboxylic acids is 1. The van der Waals surface area contributed by atoms with E-state index >= 15 is 0 Å². The van der Waals surface area contributed by atoms with E-state index in [1.54, 1.807) is 0 Å². The molecule has 0 atom stereocenters. The van der Waals surface area contributed by atoms with Crippen LogP contribution in [-0.2, 0) is 12.8 Å². The van der Waals surface area contributed by atoms with Crippen LogP contribution in [0.1, 0.15) is 34.3 Å². The molecule has 0 unspecified atom stereocenters. The predicted molar refractivity (Wildman–Crippen MR) is 95.4 cm³/mol. The van der Waals surface area contributed by atoms with Gasteiger partial charge in [-0.3, -0.25) is 9.78 Å². The lowest BCUT2D eigenvalue weighted by molar-refractivity contribution is 0.0746. The molecule has 0 N–H and O–H groups in total. The Morgan fingerprint density at radius 3 is 2.33 bits per heavy atom. The molecule has 1 aliphatic carbocycles. The number of aromatic nitrogens is 1. The SMILES string of the molecule is O=C(c1ccc2c(c1)CCCC2)N1CCN(c2ccncc2)CC1. The molecule has 4 nitrogen and oxygen atoms in total. The van der Waals surface area contributed by atoms with Crippen molar-refractivity contribution in [1.29, 1.82) is 0 Å². The number of nitrogens with zero attached hydrogens (tertiary/aromatic N) is 3. The molecule has 124 valence electrons. The third kappa shape index (κ3) is 3.01. The molecule has 4 heteroatoms. The van der Waals surface area contributed by atoms with Gasteiger partial charge in [0.25, 0.3) is 5.91 Å². The number of piperazine rings is 1. The van der Waals surface area contributed by atoms with Gasteiger partial charge in [-0.1, -0.05) is 6.07 Å². The number of carbonyl (C=O) groups is 1. The highest BCUT2D eigenvalue weighted by Gasteiger charge is 2.23. The first-order valence-electron chi connectivity index (χ1n) is 8.87. The molecule has 0 spiro atoms. The maximum atomic E-state index is 12.8. The van der Waals surface area contributed by atoms with Gasteiger partial charge in [0.05, 0.1) is 0 Å². The van der Waals surface area contributed by atoms with Crippen molar-refractivity contribution in [2.24, 2.45) is 0 Å². The van der Waals surface area contributed by atoms with Crippen molar-refractivity contribution < 1.29 is 4.79 Å². The third-order valence-corrected chi connectivity index (χ3v) is 5.19. The van der Waals surface area contributed by atoms with Gasteiger partial charge in [0, 0.05) is 49.8 Å². The molecule has 0 bridgehead atoms. The number of amides is 1. The summed E-state index contributed by atoms with van der Waals surface area (Å²) in [7, 11) is 0. The first-order valence-corrected chi connectivity index (χ1v) is 8.87. The number of benzene rings is 1. The van der Waals surface area contributed by atoms with Gasteiger partial charge in [-0.05, 0) is 61.1 Å². The molecule has 0 saturated carbocycles. The summed E-state index contributed by atoms with van der Waals surface area (Å²) in [5.74, 6) is 0.178. The summed E-state index contributed by atoms with van der Waals surface area (Å²) in [5, 5.41) is 0. The van der Waals surface area contributed by atoms with Gasteiger partial charge in [-0.15, -0.1) is 0 Å². The molecule has 1 aromatic heterocycles. The Morgan fingerprint density at radius 2 is 1.58 bits per heavy atom. The molecule has 2 heterocycles. The molecule has 0 radical (unpaired) electrons. The zero-order valence-corrected chi connectivity index (χ0v) is 13.9. The van der Waals surface area contributed by atoms with Crippen molar-refractivity contribution in [1.82, 2.24) is 9.88 Å². The maximum Gasteiger partial charge on any atom is 0.253 e. The largest absolute Gasteiger partial charge is 0.368 e. The summed E-state index contributed by atoms with van der Waals surface area (Å²) < 4.78 is 0. The van der Waals surface area contributed by atoms with Crippen LogP contribution in [0.15, 0.2) is 42.7 Å². The molecule has 2 aromatic rings. The molecule has 1 amide bonds. The van der Waals surface area contributed by atoms with E-state index in [2.05, 4.69) is 22.0 Å². The highest BCUT2D eigenvalue weighted by Crippen LogP contribution is 2.23.